The molecular formula is C12H16INO3S. The Hall–Kier alpha value is -0.180. The third-order valence-electron chi connectivity index (χ3n) is 3.25. The summed E-state index contributed by atoms with van der Waals surface area (Å²) in [6.45, 7) is 2.50. The molecule has 1 N–H and O–H groups in total. The second kappa shape index (κ2) is 5.07. The van der Waals surface area contributed by atoms with Gasteiger partial charge in [-0.1, -0.05) is 0 Å². The summed E-state index contributed by atoms with van der Waals surface area (Å²) in [5.41, 5.74) is -0.738. The van der Waals surface area contributed by atoms with Gasteiger partial charge in [0.15, 0.2) is 0 Å². The van der Waals surface area contributed by atoms with Gasteiger partial charge in [-0.05, 0) is 66.6 Å². The number of halogens is 1. The van der Waals surface area contributed by atoms with Crippen LogP contribution in [-0.2, 0) is 10.0 Å². The summed E-state index contributed by atoms with van der Waals surface area (Å²) in [4.78, 5) is 0.324. The zero-order valence-electron chi connectivity index (χ0n) is 10.1. The first-order valence-corrected chi connectivity index (χ1v) is 8.31. The first kappa shape index (κ1) is 14.2. The maximum atomic E-state index is 12.4. The van der Waals surface area contributed by atoms with Crippen LogP contribution in [0.3, 0.4) is 0 Å². The minimum atomic E-state index is -3.41. The van der Waals surface area contributed by atoms with Gasteiger partial charge in [0.05, 0.1) is 10.5 Å². The van der Waals surface area contributed by atoms with Gasteiger partial charge >= 0.3 is 0 Å². The smallest absolute Gasteiger partial charge is 0.243 e. The highest BCUT2D eigenvalue weighted by Gasteiger charge is 2.33. The number of sulfonamides is 1. The normalized spacial score (nSPS) is 20.8. The van der Waals surface area contributed by atoms with Crippen LogP contribution in [0.15, 0.2) is 29.2 Å². The highest BCUT2D eigenvalue weighted by molar-refractivity contribution is 14.1. The second-order valence-electron chi connectivity index (χ2n) is 4.85. The summed E-state index contributed by atoms with van der Waals surface area (Å²) in [6, 6.07) is 6.83. The molecule has 1 heterocycles. The fourth-order valence-electron chi connectivity index (χ4n) is 1.96. The number of rotatable bonds is 2. The first-order chi connectivity index (χ1) is 8.31. The molecule has 0 amide bonds. The van der Waals surface area contributed by atoms with E-state index in [2.05, 4.69) is 22.6 Å². The van der Waals surface area contributed by atoms with E-state index < -0.39 is 15.6 Å². The quantitative estimate of drug-likeness (QED) is 0.796. The van der Waals surface area contributed by atoms with Crippen LogP contribution in [0.1, 0.15) is 19.8 Å². The van der Waals surface area contributed by atoms with Crippen molar-refractivity contribution in [3.63, 3.8) is 0 Å². The predicted molar refractivity (Wildman–Crippen MR) is 77.8 cm³/mol. The lowest BCUT2D eigenvalue weighted by atomic mass is 9.95. The van der Waals surface area contributed by atoms with E-state index in [-0.39, 0.29) is 0 Å². The molecule has 0 radical (unpaired) electrons. The van der Waals surface area contributed by atoms with Crippen molar-refractivity contribution in [1.29, 1.82) is 0 Å². The molecule has 0 bridgehead atoms. The van der Waals surface area contributed by atoms with Crippen molar-refractivity contribution < 1.29 is 13.5 Å². The Morgan fingerprint density at radius 2 is 1.72 bits per heavy atom. The van der Waals surface area contributed by atoms with Crippen LogP contribution in [0, 0.1) is 3.57 Å². The van der Waals surface area contributed by atoms with Crippen LogP contribution >= 0.6 is 22.6 Å². The Bertz CT molecular complexity index is 515. The largest absolute Gasteiger partial charge is 0.390 e. The van der Waals surface area contributed by atoms with Gasteiger partial charge in [0, 0.05) is 16.7 Å². The molecule has 1 aromatic rings. The summed E-state index contributed by atoms with van der Waals surface area (Å²) in [7, 11) is -3.41. The molecule has 0 atom stereocenters. The molecule has 1 saturated heterocycles. The molecule has 6 heteroatoms. The Labute approximate surface area is 121 Å². The predicted octanol–water partition coefficient (Wildman–Crippen LogP) is 1.83. The maximum Gasteiger partial charge on any atom is 0.243 e. The van der Waals surface area contributed by atoms with Crippen LogP contribution in [0.5, 0.6) is 0 Å². The summed E-state index contributed by atoms with van der Waals surface area (Å²) < 4.78 is 27.2. The number of benzene rings is 1. The molecule has 0 spiro atoms. The van der Waals surface area contributed by atoms with E-state index in [1.165, 1.54) is 4.31 Å². The highest BCUT2D eigenvalue weighted by Crippen LogP contribution is 2.26. The number of nitrogens with zero attached hydrogens (tertiary/aromatic N) is 1. The van der Waals surface area contributed by atoms with E-state index in [0.717, 1.165) is 3.57 Å². The zero-order valence-corrected chi connectivity index (χ0v) is 13.1. The van der Waals surface area contributed by atoms with E-state index in [4.69, 9.17) is 0 Å². The first-order valence-electron chi connectivity index (χ1n) is 5.79. The third kappa shape index (κ3) is 3.04. The molecule has 100 valence electrons. The fraction of sp³-hybridized carbons (Fsp3) is 0.500. The van der Waals surface area contributed by atoms with Gasteiger partial charge in [0.1, 0.15) is 0 Å². The molecular weight excluding hydrogens is 365 g/mol. The SMILES string of the molecule is CC1(O)CCN(S(=O)(=O)c2ccc(I)cc2)CC1. The van der Waals surface area contributed by atoms with Gasteiger partial charge < -0.3 is 5.11 Å². The number of hydrogen-bond donors (Lipinski definition) is 1. The van der Waals surface area contributed by atoms with Gasteiger partial charge in [0.2, 0.25) is 10.0 Å². The molecule has 4 nitrogen and oxygen atoms in total. The van der Waals surface area contributed by atoms with Crippen LogP contribution in [0.2, 0.25) is 0 Å². The Morgan fingerprint density at radius 1 is 1.22 bits per heavy atom. The van der Waals surface area contributed by atoms with Crippen molar-refractivity contribution in [2.45, 2.75) is 30.3 Å². The van der Waals surface area contributed by atoms with E-state index in [1.807, 2.05) is 0 Å². The average Bonchev–Trinajstić information content (AvgIpc) is 2.29. The van der Waals surface area contributed by atoms with Crippen LogP contribution in [-0.4, -0.2) is 36.5 Å². The van der Waals surface area contributed by atoms with Crippen molar-refractivity contribution in [3.05, 3.63) is 27.8 Å². The summed E-state index contributed by atoms with van der Waals surface area (Å²) in [6.07, 6.45) is 0.965. The monoisotopic (exact) mass is 381 g/mol. The molecule has 18 heavy (non-hydrogen) atoms. The maximum absolute atomic E-state index is 12.4. The van der Waals surface area contributed by atoms with Crippen LogP contribution in [0.25, 0.3) is 0 Å². The third-order valence-corrected chi connectivity index (χ3v) is 5.88. The van der Waals surface area contributed by atoms with Crippen molar-refractivity contribution in [2.75, 3.05) is 13.1 Å². The molecule has 0 aliphatic carbocycles. The van der Waals surface area contributed by atoms with E-state index in [0.29, 0.717) is 30.8 Å². The molecule has 0 unspecified atom stereocenters. The van der Waals surface area contributed by atoms with E-state index in [1.54, 1.807) is 31.2 Å². The molecule has 1 aromatic carbocycles. The van der Waals surface area contributed by atoms with E-state index in [9.17, 15) is 13.5 Å². The Kier molecular flexibility index (Phi) is 4.01. The van der Waals surface area contributed by atoms with Crippen LogP contribution < -0.4 is 0 Å². The van der Waals surface area contributed by atoms with Crippen molar-refractivity contribution in [2.24, 2.45) is 0 Å². The zero-order chi connectivity index (χ0) is 13.4. The number of piperidine rings is 1. The van der Waals surface area contributed by atoms with Gasteiger partial charge in [-0.3, -0.25) is 0 Å². The lowest BCUT2D eigenvalue weighted by Gasteiger charge is -2.34. The fourth-order valence-corrected chi connectivity index (χ4v) is 3.76. The Balaban J connectivity index is 2.20. The number of hydrogen-bond acceptors (Lipinski definition) is 3. The molecule has 0 aromatic heterocycles. The topological polar surface area (TPSA) is 57.6 Å². The molecule has 1 fully saturated rings. The highest BCUT2D eigenvalue weighted by atomic mass is 127. The lowest BCUT2D eigenvalue weighted by Crippen LogP contribution is -2.45. The van der Waals surface area contributed by atoms with Crippen molar-refractivity contribution in [3.8, 4) is 0 Å². The van der Waals surface area contributed by atoms with E-state index >= 15 is 0 Å². The minimum Gasteiger partial charge on any atom is -0.390 e. The number of aliphatic hydroxyl groups is 1. The standard InChI is InChI=1S/C12H16INO3S/c1-12(15)6-8-14(9-7-12)18(16,17)11-4-2-10(13)3-5-11/h2-5,15H,6-9H2,1H3. The summed E-state index contributed by atoms with van der Waals surface area (Å²) >= 11 is 2.14. The summed E-state index contributed by atoms with van der Waals surface area (Å²) in [5, 5.41) is 9.84. The lowest BCUT2D eigenvalue weighted by molar-refractivity contribution is 0.0126. The molecule has 1 aliphatic heterocycles. The van der Waals surface area contributed by atoms with Crippen molar-refractivity contribution in [1.82, 2.24) is 4.31 Å². The van der Waals surface area contributed by atoms with Gasteiger partial charge in [-0.2, -0.15) is 4.31 Å². The molecule has 2 rings (SSSR count). The summed E-state index contributed by atoms with van der Waals surface area (Å²) in [5.74, 6) is 0. The molecule has 1 aliphatic rings. The van der Waals surface area contributed by atoms with Gasteiger partial charge in [-0.25, -0.2) is 8.42 Å². The molecule has 0 saturated carbocycles. The van der Waals surface area contributed by atoms with Crippen LogP contribution in [0.4, 0.5) is 0 Å². The Morgan fingerprint density at radius 3 is 2.22 bits per heavy atom. The minimum absolute atomic E-state index is 0.324. The van der Waals surface area contributed by atoms with Crippen molar-refractivity contribution >= 4 is 32.6 Å². The van der Waals surface area contributed by atoms with Gasteiger partial charge in [-0.15, -0.1) is 0 Å². The van der Waals surface area contributed by atoms with Gasteiger partial charge in [0.25, 0.3) is 0 Å². The average molecular weight is 381 g/mol. The second-order valence-corrected chi connectivity index (χ2v) is 8.04.